The Morgan fingerprint density at radius 3 is 2.82 bits per heavy atom. The fraction of sp³-hybridized carbons (Fsp3) is 0.588. The molecule has 0 saturated heterocycles. The molecule has 0 aromatic carbocycles. The largest absolute Gasteiger partial charge is 0.474 e. The average Bonchev–Trinajstić information content (AvgIpc) is 3.08. The van der Waals surface area contributed by atoms with Gasteiger partial charge in [0, 0.05) is 17.7 Å². The Kier molecular flexibility index (Phi) is 3.60. The Bertz CT molecular complexity index is 715. The maximum atomic E-state index is 11.4. The molecule has 0 spiro atoms. The topological polar surface area (TPSA) is 52.1 Å². The minimum absolute atomic E-state index is 0.118. The number of hydrogen-bond acceptors (Lipinski definition) is 5. The predicted molar refractivity (Wildman–Crippen MR) is 86.7 cm³/mol. The Morgan fingerprint density at radius 2 is 2.05 bits per heavy atom. The zero-order valence-corrected chi connectivity index (χ0v) is 13.6. The molecule has 0 radical (unpaired) electrons. The molecule has 2 aliphatic carbocycles. The quantitative estimate of drug-likeness (QED) is 0.858. The maximum Gasteiger partial charge on any atom is 0.225 e. The van der Waals surface area contributed by atoms with Crippen molar-refractivity contribution in [2.45, 2.75) is 63.9 Å². The second kappa shape index (κ2) is 5.61. The number of aryl methyl sites for hydroxylation is 1. The lowest BCUT2D eigenvalue weighted by molar-refractivity contribution is -0.121. The first-order chi connectivity index (χ1) is 10.8. The van der Waals surface area contributed by atoms with Gasteiger partial charge in [0.1, 0.15) is 23.0 Å². The number of thiophene rings is 1. The van der Waals surface area contributed by atoms with Crippen molar-refractivity contribution >= 4 is 27.3 Å². The lowest BCUT2D eigenvalue weighted by Gasteiger charge is -2.22. The van der Waals surface area contributed by atoms with Crippen LogP contribution in [0.2, 0.25) is 0 Å². The minimum atomic E-state index is 0.118. The van der Waals surface area contributed by atoms with Crippen LogP contribution >= 0.6 is 11.3 Å². The van der Waals surface area contributed by atoms with Crippen molar-refractivity contribution in [2.75, 3.05) is 0 Å². The average molecular weight is 316 g/mol. The molecule has 4 rings (SSSR count). The minimum Gasteiger partial charge on any atom is -0.474 e. The molecule has 2 heterocycles. The highest BCUT2D eigenvalue weighted by atomic mass is 32.1. The number of aromatic nitrogens is 2. The van der Waals surface area contributed by atoms with Crippen molar-refractivity contribution < 1.29 is 9.53 Å². The molecular weight excluding hydrogens is 296 g/mol. The van der Waals surface area contributed by atoms with Crippen LogP contribution in [0.25, 0.3) is 10.2 Å². The number of nitrogens with zero attached hydrogens (tertiary/aromatic N) is 2. The molecule has 2 aromatic rings. The van der Waals surface area contributed by atoms with Gasteiger partial charge < -0.3 is 4.74 Å². The summed E-state index contributed by atoms with van der Waals surface area (Å²) in [6.45, 7) is 2.25. The number of ketones is 1. The first kappa shape index (κ1) is 14.1. The summed E-state index contributed by atoms with van der Waals surface area (Å²) >= 11 is 1.80. The molecule has 0 bridgehead atoms. The first-order valence-corrected chi connectivity index (χ1v) is 9.02. The number of carbonyl (C=O) groups excluding carboxylic acids is 1. The molecule has 2 aromatic heterocycles. The molecule has 4 nitrogen and oxygen atoms in total. The summed E-state index contributed by atoms with van der Waals surface area (Å²) in [6, 6.07) is 0. The standard InChI is InChI=1S/C17H20N2O2S/c1-2-10-3-8-13-14(10)15-16(18-9-19-17(15)22-13)21-12-6-4-11(20)5-7-12/h9-10,12H,2-8H2,1H3/t10-/m0/s1. The van der Waals surface area contributed by atoms with Gasteiger partial charge in [0.2, 0.25) is 5.88 Å². The summed E-state index contributed by atoms with van der Waals surface area (Å²) in [6.07, 6.45) is 8.18. The summed E-state index contributed by atoms with van der Waals surface area (Å²) in [7, 11) is 0. The normalized spacial score (nSPS) is 22.2. The van der Waals surface area contributed by atoms with Crippen LogP contribution in [0, 0.1) is 0 Å². The van der Waals surface area contributed by atoms with Crippen LogP contribution < -0.4 is 4.74 Å². The van der Waals surface area contributed by atoms with E-state index in [1.807, 2.05) is 0 Å². The van der Waals surface area contributed by atoms with Crippen LogP contribution in [-0.2, 0) is 11.2 Å². The van der Waals surface area contributed by atoms with Gasteiger partial charge in [0.25, 0.3) is 0 Å². The summed E-state index contributed by atoms with van der Waals surface area (Å²) in [5, 5.41) is 1.14. The SMILES string of the molecule is CC[C@H]1CCc2sc3ncnc(OC4CCC(=O)CC4)c3c21. The predicted octanol–water partition coefficient (Wildman–Crippen LogP) is 4.02. The van der Waals surface area contributed by atoms with Crippen molar-refractivity contribution in [3.63, 3.8) is 0 Å². The van der Waals surface area contributed by atoms with Gasteiger partial charge in [0.05, 0.1) is 5.39 Å². The molecule has 1 atom stereocenters. The Morgan fingerprint density at radius 1 is 1.23 bits per heavy atom. The number of hydrogen-bond donors (Lipinski definition) is 0. The van der Waals surface area contributed by atoms with Crippen LogP contribution in [0.4, 0.5) is 0 Å². The molecule has 1 fully saturated rings. The van der Waals surface area contributed by atoms with Gasteiger partial charge in [-0.05, 0) is 43.6 Å². The first-order valence-electron chi connectivity index (χ1n) is 8.21. The number of ether oxygens (including phenoxy) is 1. The van der Waals surface area contributed by atoms with E-state index in [9.17, 15) is 4.79 Å². The lowest BCUT2D eigenvalue weighted by Crippen LogP contribution is -2.24. The van der Waals surface area contributed by atoms with Crippen molar-refractivity contribution in [3.05, 3.63) is 16.8 Å². The third-order valence-corrected chi connectivity index (χ3v) is 6.13. The number of Topliss-reactive ketones (excluding diaryl/α,β-unsaturated/α-hetero) is 1. The van der Waals surface area contributed by atoms with Crippen LogP contribution in [-0.4, -0.2) is 21.9 Å². The van der Waals surface area contributed by atoms with Crippen molar-refractivity contribution in [2.24, 2.45) is 0 Å². The molecule has 0 N–H and O–H groups in total. The van der Waals surface area contributed by atoms with Crippen LogP contribution in [0.5, 0.6) is 5.88 Å². The van der Waals surface area contributed by atoms with Crippen molar-refractivity contribution in [1.29, 1.82) is 0 Å². The zero-order chi connectivity index (χ0) is 15.1. The van der Waals surface area contributed by atoms with E-state index >= 15 is 0 Å². The molecule has 116 valence electrons. The number of fused-ring (bicyclic) bond motifs is 3. The number of carbonyl (C=O) groups is 1. The molecule has 0 amide bonds. The summed E-state index contributed by atoms with van der Waals surface area (Å²) in [5.74, 6) is 1.71. The van der Waals surface area contributed by atoms with Crippen LogP contribution in [0.1, 0.15) is 61.8 Å². The van der Waals surface area contributed by atoms with E-state index in [1.54, 1.807) is 17.7 Å². The van der Waals surface area contributed by atoms with E-state index in [1.165, 1.54) is 16.9 Å². The summed E-state index contributed by atoms with van der Waals surface area (Å²) in [5.41, 5.74) is 1.44. The van der Waals surface area contributed by atoms with Crippen LogP contribution in [0.15, 0.2) is 6.33 Å². The third-order valence-electron chi connectivity index (χ3n) is 4.96. The molecule has 1 saturated carbocycles. The van der Waals surface area contributed by atoms with E-state index < -0.39 is 0 Å². The second-order valence-electron chi connectivity index (χ2n) is 6.30. The highest BCUT2D eigenvalue weighted by Crippen LogP contribution is 2.47. The Hall–Kier alpha value is -1.49. The molecule has 22 heavy (non-hydrogen) atoms. The second-order valence-corrected chi connectivity index (χ2v) is 7.38. The molecule has 2 aliphatic rings. The van der Waals surface area contributed by atoms with Gasteiger partial charge in [-0.3, -0.25) is 4.79 Å². The molecule has 5 heteroatoms. The molecule has 0 unspecified atom stereocenters. The van der Waals surface area contributed by atoms with Crippen molar-refractivity contribution in [1.82, 2.24) is 9.97 Å². The van der Waals surface area contributed by atoms with Gasteiger partial charge in [-0.2, -0.15) is 0 Å². The van der Waals surface area contributed by atoms with Gasteiger partial charge in [0.15, 0.2) is 0 Å². The smallest absolute Gasteiger partial charge is 0.225 e. The fourth-order valence-corrected chi connectivity index (χ4v) is 4.96. The van der Waals surface area contributed by atoms with E-state index in [0.717, 1.165) is 41.8 Å². The van der Waals surface area contributed by atoms with Gasteiger partial charge >= 0.3 is 0 Å². The highest BCUT2D eigenvalue weighted by Gasteiger charge is 2.30. The zero-order valence-electron chi connectivity index (χ0n) is 12.8. The van der Waals surface area contributed by atoms with E-state index in [4.69, 9.17) is 4.74 Å². The lowest BCUT2D eigenvalue weighted by atomic mass is 9.96. The summed E-state index contributed by atoms with van der Waals surface area (Å²) in [4.78, 5) is 22.8. The third kappa shape index (κ3) is 2.32. The monoisotopic (exact) mass is 316 g/mol. The van der Waals surface area contributed by atoms with Gasteiger partial charge in [-0.1, -0.05) is 6.92 Å². The van der Waals surface area contributed by atoms with E-state index in [-0.39, 0.29) is 6.10 Å². The Labute approximate surface area is 133 Å². The van der Waals surface area contributed by atoms with Crippen molar-refractivity contribution in [3.8, 4) is 5.88 Å². The fourth-order valence-electron chi connectivity index (χ4n) is 3.73. The maximum absolute atomic E-state index is 11.4. The molecule has 0 aliphatic heterocycles. The van der Waals surface area contributed by atoms with E-state index in [0.29, 0.717) is 24.5 Å². The number of rotatable bonds is 3. The highest BCUT2D eigenvalue weighted by molar-refractivity contribution is 7.19. The van der Waals surface area contributed by atoms with Gasteiger partial charge in [-0.15, -0.1) is 11.3 Å². The Balaban J connectivity index is 1.70. The van der Waals surface area contributed by atoms with Gasteiger partial charge in [-0.25, -0.2) is 9.97 Å². The van der Waals surface area contributed by atoms with Crippen LogP contribution in [0.3, 0.4) is 0 Å². The summed E-state index contributed by atoms with van der Waals surface area (Å²) < 4.78 is 6.20. The molecular formula is C17H20N2O2S. The van der Waals surface area contributed by atoms with E-state index in [2.05, 4.69) is 16.9 Å².